The molecule has 1 aromatic carbocycles. The maximum absolute atomic E-state index is 11.3. The van der Waals surface area contributed by atoms with E-state index in [0.717, 1.165) is 16.8 Å². The van der Waals surface area contributed by atoms with Crippen molar-refractivity contribution in [1.82, 2.24) is 0 Å². The van der Waals surface area contributed by atoms with E-state index in [4.69, 9.17) is 0 Å². The van der Waals surface area contributed by atoms with E-state index in [0.29, 0.717) is 18.3 Å². The number of amides is 1. The molecule has 1 aromatic rings. The first-order valence-electron chi connectivity index (χ1n) is 6.26. The summed E-state index contributed by atoms with van der Waals surface area (Å²) >= 11 is 0. The van der Waals surface area contributed by atoms with E-state index >= 15 is 0 Å². The number of carbonyl (C=O) groups is 1. The molecule has 0 radical (unpaired) electrons. The topological polar surface area (TPSA) is 49.3 Å². The van der Waals surface area contributed by atoms with Crippen LogP contribution in [0.2, 0.25) is 0 Å². The van der Waals surface area contributed by atoms with Crippen molar-refractivity contribution in [1.29, 1.82) is 0 Å². The Morgan fingerprint density at radius 2 is 2.18 bits per heavy atom. The molecule has 0 aromatic heterocycles. The zero-order valence-electron chi connectivity index (χ0n) is 9.94. The summed E-state index contributed by atoms with van der Waals surface area (Å²) in [5.41, 5.74) is 2.85. The smallest absolute Gasteiger partial charge is 0.228 e. The van der Waals surface area contributed by atoms with E-state index in [-0.39, 0.29) is 5.91 Å². The number of nitrogens with one attached hydrogen (secondary N) is 1. The van der Waals surface area contributed by atoms with Crippen molar-refractivity contribution in [3.8, 4) is 0 Å². The van der Waals surface area contributed by atoms with Gasteiger partial charge in [-0.3, -0.25) is 4.79 Å². The molecule has 0 bridgehead atoms. The number of hydrogen-bond donors (Lipinski definition) is 2. The third-order valence-corrected chi connectivity index (χ3v) is 3.96. The van der Waals surface area contributed by atoms with Crippen LogP contribution >= 0.6 is 0 Å². The van der Waals surface area contributed by atoms with Gasteiger partial charge in [0.25, 0.3) is 0 Å². The first-order valence-corrected chi connectivity index (χ1v) is 6.26. The third kappa shape index (κ3) is 1.95. The number of hydrogen-bond acceptors (Lipinski definition) is 2. The summed E-state index contributed by atoms with van der Waals surface area (Å²) in [4.78, 5) is 11.3. The standard InChI is InChI=1S/C14H17NO2/c1-8(9-2-3-9)14(17)10-4-5-12-11(6-10)7-13(16)15-12/h4-6,8-9,14,17H,2-3,7H2,1H3,(H,15,16). The van der Waals surface area contributed by atoms with Crippen LogP contribution in [0, 0.1) is 11.8 Å². The van der Waals surface area contributed by atoms with Crippen molar-refractivity contribution in [2.45, 2.75) is 32.3 Å². The van der Waals surface area contributed by atoms with Crippen LogP contribution in [0.1, 0.15) is 37.0 Å². The van der Waals surface area contributed by atoms with Crippen LogP contribution in [0.25, 0.3) is 0 Å². The Kier molecular flexibility index (Phi) is 2.44. The molecule has 3 heteroatoms. The van der Waals surface area contributed by atoms with Gasteiger partial charge in [-0.15, -0.1) is 0 Å². The molecule has 1 fully saturated rings. The van der Waals surface area contributed by atoms with Crippen molar-refractivity contribution in [3.05, 3.63) is 29.3 Å². The normalized spacial score (nSPS) is 21.9. The van der Waals surface area contributed by atoms with Gasteiger partial charge in [0.2, 0.25) is 5.91 Å². The lowest BCUT2D eigenvalue weighted by atomic mass is 9.92. The fourth-order valence-corrected chi connectivity index (χ4v) is 2.62. The van der Waals surface area contributed by atoms with Gasteiger partial charge in [0, 0.05) is 5.69 Å². The molecule has 2 atom stereocenters. The molecule has 0 spiro atoms. The average molecular weight is 231 g/mol. The number of aliphatic hydroxyl groups excluding tert-OH is 1. The Morgan fingerprint density at radius 3 is 2.88 bits per heavy atom. The molecule has 2 unspecified atom stereocenters. The number of rotatable bonds is 3. The fourth-order valence-electron chi connectivity index (χ4n) is 2.62. The van der Waals surface area contributed by atoms with Crippen LogP contribution in [-0.2, 0) is 11.2 Å². The molecule has 1 aliphatic heterocycles. The molecule has 2 N–H and O–H groups in total. The van der Waals surface area contributed by atoms with Crippen LogP contribution in [0.5, 0.6) is 0 Å². The second-order valence-electron chi connectivity index (χ2n) is 5.28. The first-order chi connectivity index (χ1) is 8.15. The maximum Gasteiger partial charge on any atom is 0.228 e. The molecule has 3 nitrogen and oxygen atoms in total. The fraction of sp³-hybridized carbons (Fsp3) is 0.500. The second kappa shape index (κ2) is 3.84. The molecule has 1 aliphatic carbocycles. The lowest BCUT2D eigenvalue weighted by Crippen LogP contribution is -2.11. The quantitative estimate of drug-likeness (QED) is 0.838. The molecule has 90 valence electrons. The van der Waals surface area contributed by atoms with Crippen molar-refractivity contribution in [2.75, 3.05) is 5.32 Å². The van der Waals surface area contributed by atoms with Crippen molar-refractivity contribution in [2.24, 2.45) is 11.8 Å². The summed E-state index contributed by atoms with van der Waals surface area (Å²) in [7, 11) is 0. The van der Waals surface area contributed by atoms with Crippen molar-refractivity contribution >= 4 is 11.6 Å². The number of anilines is 1. The van der Waals surface area contributed by atoms with Gasteiger partial charge in [-0.2, -0.15) is 0 Å². The Bertz CT molecular complexity index is 465. The second-order valence-corrected chi connectivity index (χ2v) is 5.28. The Morgan fingerprint density at radius 1 is 1.41 bits per heavy atom. The average Bonchev–Trinajstić information content (AvgIpc) is 3.08. The summed E-state index contributed by atoms with van der Waals surface area (Å²) in [5.74, 6) is 1.04. The Hall–Kier alpha value is -1.35. The highest BCUT2D eigenvalue weighted by Gasteiger charge is 2.33. The monoisotopic (exact) mass is 231 g/mol. The van der Waals surface area contributed by atoms with Gasteiger partial charge in [-0.1, -0.05) is 19.1 Å². The molecular weight excluding hydrogens is 214 g/mol. The molecule has 0 saturated heterocycles. The van der Waals surface area contributed by atoms with E-state index in [9.17, 15) is 9.90 Å². The predicted octanol–water partition coefficient (Wildman–Crippen LogP) is 2.26. The third-order valence-electron chi connectivity index (χ3n) is 3.96. The molecule has 2 aliphatic rings. The highest BCUT2D eigenvalue weighted by molar-refractivity contribution is 5.99. The summed E-state index contributed by atoms with van der Waals surface area (Å²) in [5, 5.41) is 13.1. The number of fused-ring (bicyclic) bond motifs is 1. The van der Waals surface area contributed by atoms with Crippen LogP contribution in [0.4, 0.5) is 5.69 Å². The number of aliphatic hydroxyl groups is 1. The summed E-state index contributed by atoms with van der Waals surface area (Å²) < 4.78 is 0. The molecule has 1 saturated carbocycles. The lowest BCUT2D eigenvalue weighted by molar-refractivity contribution is -0.115. The molecular formula is C14H17NO2. The minimum atomic E-state index is -0.400. The van der Waals surface area contributed by atoms with Gasteiger partial charge in [-0.05, 0) is 41.9 Å². The zero-order valence-corrected chi connectivity index (χ0v) is 9.94. The highest BCUT2D eigenvalue weighted by Crippen LogP contribution is 2.43. The Balaban J connectivity index is 1.84. The minimum absolute atomic E-state index is 0.0434. The molecule has 1 heterocycles. The zero-order chi connectivity index (χ0) is 12.0. The highest BCUT2D eigenvalue weighted by atomic mass is 16.3. The minimum Gasteiger partial charge on any atom is -0.388 e. The van der Waals surface area contributed by atoms with Gasteiger partial charge in [0.05, 0.1) is 12.5 Å². The van der Waals surface area contributed by atoms with Gasteiger partial charge in [-0.25, -0.2) is 0 Å². The van der Waals surface area contributed by atoms with Crippen molar-refractivity contribution in [3.63, 3.8) is 0 Å². The summed E-state index contributed by atoms with van der Waals surface area (Å²) in [6.45, 7) is 2.11. The maximum atomic E-state index is 11.3. The largest absolute Gasteiger partial charge is 0.388 e. The van der Waals surface area contributed by atoms with Crippen LogP contribution in [0.15, 0.2) is 18.2 Å². The van der Waals surface area contributed by atoms with Gasteiger partial charge < -0.3 is 10.4 Å². The van der Waals surface area contributed by atoms with E-state index < -0.39 is 6.10 Å². The lowest BCUT2D eigenvalue weighted by Gasteiger charge is -2.19. The first kappa shape index (κ1) is 10.8. The Labute approximate surface area is 101 Å². The van der Waals surface area contributed by atoms with E-state index in [2.05, 4.69) is 12.2 Å². The van der Waals surface area contributed by atoms with Crippen LogP contribution in [0.3, 0.4) is 0 Å². The molecule has 17 heavy (non-hydrogen) atoms. The van der Waals surface area contributed by atoms with Gasteiger partial charge in [0.1, 0.15) is 0 Å². The molecule has 3 rings (SSSR count). The molecule has 1 amide bonds. The van der Waals surface area contributed by atoms with Gasteiger partial charge >= 0.3 is 0 Å². The van der Waals surface area contributed by atoms with Crippen LogP contribution < -0.4 is 5.32 Å². The van der Waals surface area contributed by atoms with Crippen molar-refractivity contribution < 1.29 is 9.90 Å². The SMILES string of the molecule is CC(C1CC1)C(O)c1ccc2c(c1)CC(=O)N2. The summed E-state index contributed by atoms with van der Waals surface area (Å²) in [6, 6.07) is 5.79. The van der Waals surface area contributed by atoms with E-state index in [1.54, 1.807) is 0 Å². The van der Waals surface area contributed by atoms with E-state index in [1.165, 1.54) is 12.8 Å². The number of benzene rings is 1. The van der Waals surface area contributed by atoms with Gasteiger partial charge in [0.15, 0.2) is 0 Å². The van der Waals surface area contributed by atoms with Crippen LogP contribution in [-0.4, -0.2) is 11.0 Å². The number of carbonyl (C=O) groups excluding carboxylic acids is 1. The van der Waals surface area contributed by atoms with E-state index in [1.807, 2.05) is 18.2 Å². The predicted molar refractivity (Wildman–Crippen MR) is 65.6 cm³/mol. The summed E-state index contributed by atoms with van der Waals surface area (Å²) in [6.07, 6.45) is 2.52.